The molecule has 9 nitrogen and oxygen atoms in total. The van der Waals surface area contributed by atoms with Gasteiger partial charge < -0.3 is 19.4 Å². The van der Waals surface area contributed by atoms with E-state index >= 15 is 4.39 Å². The number of pyridine rings is 1. The van der Waals surface area contributed by atoms with Crippen molar-refractivity contribution >= 4 is 43.2 Å². The second-order valence-electron chi connectivity index (χ2n) is 8.22. The van der Waals surface area contributed by atoms with Crippen molar-refractivity contribution in [3.05, 3.63) is 50.4 Å². The zero-order valence-corrected chi connectivity index (χ0v) is 20.3. The van der Waals surface area contributed by atoms with Gasteiger partial charge in [0.1, 0.15) is 11.5 Å². The molecule has 0 aliphatic carbocycles. The first-order chi connectivity index (χ1) is 15.5. The van der Waals surface area contributed by atoms with Gasteiger partial charge in [0.15, 0.2) is 5.79 Å². The summed E-state index contributed by atoms with van der Waals surface area (Å²) < 4.78 is 72.4. The first kappa shape index (κ1) is 24.1. The van der Waals surface area contributed by atoms with E-state index < -0.39 is 45.0 Å². The molecule has 0 spiro atoms. The topological polar surface area (TPSA) is 111 Å². The van der Waals surface area contributed by atoms with Crippen molar-refractivity contribution in [3.63, 3.8) is 0 Å². The van der Waals surface area contributed by atoms with Crippen molar-refractivity contribution in [2.75, 3.05) is 23.2 Å². The molecule has 1 aromatic heterocycles. The Bertz CT molecular complexity index is 1250. The van der Waals surface area contributed by atoms with Gasteiger partial charge in [-0.3, -0.25) is 9.52 Å². The van der Waals surface area contributed by atoms with Crippen LogP contribution in [0.3, 0.4) is 0 Å². The van der Waals surface area contributed by atoms with Crippen LogP contribution in [-0.2, 0) is 32.6 Å². The van der Waals surface area contributed by atoms with Gasteiger partial charge in [0.2, 0.25) is 5.82 Å². The Kier molecular flexibility index (Phi) is 6.53. The molecule has 0 amide bonds. The molecule has 0 bridgehead atoms. The number of anilines is 3. The van der Waals surface area contributed by atoms with Gasteiger partial charge in [0, 0.05) is 23.3 Å². The van der Waals surface area contributed by atoms with E-state index in [2.05, 4.69) is 30.7 Å². The molecule has 13 heteroatoms. The molecule has 1 atom stereocenters. The summed E-state index contributed by atoms with van der Waals surface area (Å²) in [7, 11) is -4.20. The molecule has 2 aliphatic heterocycles. The summed E-state index contributed by atoms with van der Waals surface area (Å²) in [4.78, 5) is 12.5. The van der Waals surface area contributed by atoms with E-state index in [9.17, 15) is 17.6 Å². The molecule has 2 aromatic rings. The van der Waals surface area contributed by atoms with E-state index in [1.165, 1.54) is 16.7 Å². The fraction of sp³-hybridized carbons (Fsp3) is 0.450. The maximum Gasteiger partial charge on any atom is 0.299 e. The molecule has 0 saturated carbocycles. The zero-order chi connectivity index (χ0) is 24.0. The molecule has 33 heavy (non-hydrogen) atoms. The molecule has 1 aromatic carbocycles. The first-order valence-corrected chi connectivity index (χ1v) is 12.5. The molecule has 1 saturated heterocycles. The minimum atomic E-state index is -4.20. The van der Waals surface area contributed by atoms with Crippen molar-refractivity contribution in [1.29, 1.82) is 0 Å². The number of halogens is 3. The average Bonchev–Trinajstić information content (AvgIpc) is 3.35. The van der Waals surface area contributed by atoms with Crippen molar-refractivity contribution in [2.24, 2.45) is 0 Å². The lowest BCUT2D eigenvalue weighted by molar-refractivity contribution is -0.137. The lowest BCUT2D eigenvalue weighted by atomic mass is 10.2. The predicted molar refractivity (Wildman–Crippen MR) is 122 cm³/mol. The second-order valence-corrected chi connectivity index (χ2v) is 10.6. The number of hydrogen-bond donors (Lipinski definition) is 3. The van der Waals surface area contributed by atoms with Gasteiger partial charge in [-0.2, -0.15) is 17.5 Å². The number of aromatic nitrogens is 1. The van der Waals surface area contributed by atoms with E-state index in [0.717, 1.165) is 6.07 Å². The summed E-state index contributed by atoms with van der Waals surface area (Å²) in [5, 5.41) is 2.55. The molecule has 2 aliphatic rings. The summed E-state index contributed by atoms with van der Waals surface area (Å²) in [6, 6.07) is 4.04. The van der Waals surface area contributed by atoms with Crippen LogP contribution in [0.4, 0.5) is 25.8 Å². The highest BCUT2D eigenvalue weighted by atomic mass is 79.9. The standard InChI is InChI=1S/C20H23BrF2N4O5S/c1-20(2)31-10-12(32-20)9-24-33(29,30)26-17-15-4-3-7-27(15)19(28)16(23)18(17)25-14-6-5-11(21)8-13(14)22/h5-6,8,12,24-26H,3-4,7,9-10H2,1-2H3. The second kappa shape index (κ2) is 8.95. The molecule has 0 radical (unpaired) electrons. The summed E-state index contributed by atoms with van der Waals surface area (Å²) in [6.07, 6.45) is 0.375. The Labute approximate surface area is 197 Å². The number of rotatable bonds is 7. The minimum Gasteiger partial charge on any atom is -0.349 e. The fourth-order valence-electron chi connectivity index (χ4n) is 3.83. The van der Waals surface area contributed by atoms with Gasteiger partial charge >= 0.3 is 0 Å². The Hall–Kier alpha value is -2.06. The Balaban J connectivity index is 1.66. The number of ether oxygens (including phenoxy) is 2. The molecule has 4 rings (SSSR count). The number of nitrogens with zero attached hydrogens (tertiary/aromatic N) is 1. The fourth-order valence-corrected chi connectivity index (χ4v) is 5.13. The zero-order valence-electron chi connectivity index (χ0n) is 17.9. The van der Waals surface area contributed by atoms with Gasteiger partial charge in [-0.05, 0) is 44.9 Å². The monoisotopic (exact) mass is 548 g/mol. The third-order valence-electron chi connectivity index (χ3n) is 5.31. The van der Waals surface area contributed by atoms with E-state index in [4.69, 9.17) is 9.47 Å². The van der Waals surface area contributed by atoms with Gasteiger partial charge in [-0.15, -0.1) is 0 Å². The van der Waals surface area contributed by atoms with E-state index in [0.29, 0.717) is 23.0 Å². The normalized spacial score (nSPS) is 19.5. The summed E-state index contributed by atoms with van der Waals surface area (Å²) in [6.45, 7) is 3.80. The van der Waals surface area contributed by atoms with Crippen LogP contribution >= 0.6 is 15.9 Å². The minimum absolute atomic E-state index is 0.0830. The SMILES string of the molecule is CC1(C)OCC(CNS(=O)(=O)Nc2c(Nc3ccc(Br)cc3F)c(F)c(=O)n3c2CCC3)O1. The van der Waals surface area contributed by atoms with Gasteiger partial charge in [0.25, 0.3) is 15.8 Å². The third-order valence-corrected chi connectivity index (χ3v) is 6.82. The first-order valence-electron chi connectivity index (χ1n) is 10.2. The predicted octanol–water partition coefficient (Wildman–Crippen LogP) is 2.98. The third kappa shape index (κ3) is 5.22. The molecular weight excluding hydrogens is 526 g/mol. The summed E-state index contributed by atoms with van der Waals surface area (Å²) >= 11 is 3.14. The van der Waals surface area contributed by atoms with E-state index in [1.807, 2.05) is 0 Å². The summed E-state index contributed by atoms with van der Waals surface area (Å²) in [5.74, 6) is -2.74. The largest absolute Gasteiger partial charge is 0.349 e. The Morgan fingerprint density at radius 3 is 2.70 bits per heavy atom. The molecule has 1 unspecified atom stereocenters. The van der Waals surface area contributed by atoms with Crippen molar-refractivity contribution in [3.8, 4) is 0 Å². The maximum absolute atomic E-state index is 15.1. The highest BCUT2D eigenvalue weighted by molar-refractivity contribution is 9.10. The van der Waals surface area contributed by atoms with Crippen LogP contribution in [0.25, 0.3) is 0 Å². The van der Waals surface area contributed by atoms with Crippen LogP contribution in [-0.4, -0.2) is 38.0 Å². The number of nitrogens with one attached hydrogen (secondary N) is 3. The van der Waals surface area contributed by atoms with Crippen LogP contribution < -0.4 is 20.3 Å². The van der Waals surface area contributed by atoms with Gasteiger partial charge in [0.05, 0.1) is 24.1 Å². The number of benzene rings is 1. The molecule has 3 N–H and O–H groups in total. The Morgan fingerprint density at radius 1 is 1.27 bits per heavy atom. The average molecular weight is 549 g/mol. The molecule has 180 valence electrons. The lowest BCUT2D eigenvalue weighted by Gasteiger charge is -2.20. The number of hydrogen-bond acceptors (Lipinski definition) is 6. The molecule has 3 heterocycles. The van der Waals surface area contributed by atoms with Crippen molar-refractivity contribution in [1.82, 2.24) is 9.29 Å². The number of fused-ring (bicyclic) bond motifs is 1. The Morgan fingerprint density at radius 2 is 2.03 bits per heavy atom. The van der Waals surface area contributed by atoms with Gasteiger partial charge in [-0.1, -0.05) is 15.9 Å². The van der Waals surface area contributed by atoms with E-state index in [-0.39, 0.29) is 31.1 Å². The van der Waals surface area contributed by atoms with E-state index in [1.54, 1.807) is 13.8 Å². The maximum atomic E-state index is 15.1. The van der Waals surface area contributed by atoms with Crippen molar-refractivity contribution in [2.45, 2.75) is 45.1 Å². The highest BCUT2D eigenvalue weighted by Gasteiger charge is 2.34. The highest BCUT2D eigenvalue weighted by Crippen LogP contribution is 2.35. The quantitative estimate of drug-likeness (QED) is 0.490. The van der Waals surface area contributed by atoms with Crippen LogP contribution in [0.2, 0.25) is 0 Å². The van der Waals surface area contributed by atoms with Crippen LogP contribution in [0, 0.1) is 11.6 Å². The van der Waals surface area contributed by atoms with Gasteiger partial charge in [-0.25, -0.2) is 4.39 Å². The van der Waals surface area contributed by atoms with Crippen LogP contribution in [0.1, 0.15) is 26.0 Å². The molecular formula is C20H23BrF2N4O5S. The van der Waals surface area contributed by atoms with Crippen LogP contribution in [0.15, 0.2) is 27.5 Å². The van der Waals surface area contributed by atoms with Crippen molar-refractivity contribution < 1.29 is 26.7 Å². The lowest BCUT2D eigenvalue weighted by Crippen LogP contribution is -2.38. The summed E-state index contributed by atoms with van der Waals surface area (Å²) in [5.41, 5.74) is -1.30. The smallest absolute Gasteiger partial charge is 0.299 e. The van der Waals surface area contributed by atoms with Crippen LogP contribution in [0.5, 0.6) is 0 Å². The molecule has 1 fully saturated rings.